The van der Waals surface area contributed by atoms with E-state index in [1.807, 2.05) is 5.32 Å². The predicted octanol–water partition coefficient (Wildman–Crippen LogP) is -0.555. The van der Waals surface area contributed by atoms with Crippen LogP contribution in [-0.4, -0.2) is 36.1 Å². The van der Waals surface area contributed by atoms with Crippen molar-refractivity contribution in [1.29, 1.82) is 5.41 Å². The molecule has 0 bridgehead atoms. The summed E-state index contributed by atoms with van der Waals surface area (Å²) in [6, 6.07) is 0. The summed E-state index contributed by atoms with van der Waals surface area (Å²) >= 11 is 0. The van der Waals surface area contributed by atoms with Gasteiger partial charge in [0.2, 0.25) is 0 Å². The van der Waals surface area contributed by atoms with Gasteiger partial charge in [0.1, 0.15) is 0 Å². The molecule has 2 amide bonds. The number of hydrogen-bond donors (Lipinski definition) is 2. The SMILES string of the molecule is CC(=N)N1CC[C-](C(=O)N[C-]=O)C1.[Y]. The minimum Gasteiger partial charge on any atom is -0.486 e. The Labute approximate surface area is 108 Å². The smallest absolute Gasteiger partial charge is 0.0902 e. The number of rotatable bonds is 2. The third-order valence-electron chi connectivity index (χ3n) is 2.03. The van der Waals surface area contributed by atoms with E-state index in [0.29, 0.717) is 31.3 Å². The summed E-state index contributed by atoms with van der Waals surface area (Å²) in [6.07, 6.45) is 1.96. The first-order valence-corrected chi connectivity index (χ1v) is 3.97. The van der Waals surface area contributed by atoms with Crippen molar-refractivity contribution in [2.45, 2.75) is 13.3 Å². The van der Waals surface area contributed by atoms with Gasteiger partial charge in [0.25, 0.3) is 0 Å². The fraction of sp³-hybridized carbons (Fsp3) is 0.500. The van der Waals surface area contributed by atoms with Crippen LogP contribution in [0.25, 0.3) is 0 Å². The minimum absolute atomic E-state index is 0. The maximum Gasteiger partial charge on any atom is 0.0902 e. The first-order valence-electron chi connectivity index (χ1n) is 3.97. The van der Waals surface area contributed by atoms with Crippen LogP contribution in [0.1, 0.15) is 13.3 Å². The molecule has 1 saturated heterocycles. The molecular formula is C8H11N3O2Y-2. The number of carbonyl (C=O) groups excluding carboxylic acids is 2. The van der Waals surface area contributed by atoms with Gasteiger partial charge in [-0.1, -0.05) is 12.5 Å². The first kappa shape index (κ1) is 13.6. The molecule has 0 aromatic heterocycles. The number of imide groups is 1. The molecule has 1 rings (SSSR count). The van der Waals surface area contributed by atoms with Gasteiger partial charge in [0, 0.05) is 32.7 Å². The monoisotopic (exact) mass is 270 g/mol. The number of amides is 2. The largest absolute Gasteiger partial charge is 0.486 e. The Bertz CT molecular complexity index is 245. The molecule has 6 heteroatoms. The van der Waals surface area contributed by atoms with Crippen LogP contribution in [-0.2, 0) is 42.3 Å². The fourth-order valence-corrected chi connectivity index (χ4v) is 1.26. The van der Waals surface area contributed by atoms with Crippen LogP contribution in [0.2, 0.25) is 0 Å². The maximum atomic E-state index is 11.1. The summed E-state index contributed by atoms with van der Waals surface area (Å²) in [5, 5.41) is 9.30. The average Bonchev–Trinajstić information content (AvgIpc) is 2.52. The molecule has 0 saturated carbocycles. The summed E-state index contributed by atoms with van der Waals surface area (Å²) in [5.74, 6) is 0.701. The normalized spacial score (nSPS) is 14.6. The third kappa shape index (κ3) is 3.38. The minimum atomic E-state index is -0.376. The van der Waals surface area contributed by atoms with E-state index in [-0.39, 0.29) is 38.6 Å². The predicted molar refractivity (Wildman–Crippen MR) is 46.7 cm³/mol. The second-order valence-electron chi connectivity index (χ2n) is 2.92. The number of amidine groups is 1. The standard InChI is InChI=1S/C8H11N3O2.Y/c1-6(9)11-3-2-7(4-11)8(13)10-5-12;/h9H,2-4H2,1H3,(H,10,12,13);/q-2;. The molecule has 0 atom stereocenters. The van der Waals surface area contributed by atoms with Crippen molar-refractivity contribution in [2.24, 2.45) is 0 Å². The van der Waals surface area contributed by atoms with Gasteiger partial charge in [0.05, 0.1) is 12.2 Å². The number of nitrogens with zero attached hydrogens (tertiary/aromatic N) is 1. The molecular weight excluding hydrogens is 259 g/mol. The maximum absolute atomic E-state index is 11.1. The van der Waals surface area contributed by atoms with Gasteiger partial charge in [-0.25, -0.2) is 0 Å². The van der Waals surface area contributed by atoms with Crippen molar-refractivity contribution in [3.05, 3.63) is 5.92 Å². The molecule has 0 spiro atoms. The van der Waals surface area contributed by atoms with Gasteiger partial charge in [-0.3, -0.25) is 5.41 Å². The van der Waals surface area contributed by atoms with Crippen LogP contribution in [0.15, 0.2) is 0 Å². The van der Waals surface area contributed by atoms with Crippen LogP contribution in [0, 0.1) is 11.3 Å². The van der Waals surface area contributed by atoms with E-state index >= 15 is 0 Å². The van der Waals surface area contributed by atoms with Crippen molar-refractivity contribution >= 4 is 18.2 Å². The molecule has 14 heavy (non-hydrogen) atoms. The first-order chi connectivity index (χ1) is 6.15. The molecule has 1 aliphatic rings. The number of nitrogens with one attached hydrogen (secondary N) is 2. The molecule has 1 fully saturated rings. The van der Waals surface area contributed by atoms with Gasteiger partial charge >= 0.3 is 0 Å². The number of likely N-dealkylation sites (tertiary alicyclic amines) is 1. The topological polar surface area (TPSA) is 73.3 Å². The van der Waals surface area contributed by atoms with Crippen LogP contribution >= 0.6 is 0 Å². The van der Waals surface area contributed by atoms with Crippen molar-refractivity contribution in [2.75, 3.05) is 13.1 Å². The van der Waals surface area contributed by atoms with Gasteiger partial charge in [0.15, 0.2) is 0 Å². The zero-order chi connectivity index (χ0) is 9.84. The van der Waals surface area contributed by atoms with E-state index in [1.165, 1.54) is 6.41 Å². The van der Waals surface area contributed by atoms with Crippen molar-refractivity contribution < 1.29 is 42.3 Å². The molecule has 0 aromatic rings. The van der Waals surface area contributed by atoms with E-state index in [1.54, 1.807) is 11.8 Å². The number of carbonyl (C=O) groups is 1. The molecule has 5 nitrogen and oxygen atoms in total. The van der Waals surface area contributed by atoms with Crippen LogP contribution in [0.4, 0.5) is 0 Å². The Morgan fingerprint density at radius 3 is 2.71 bits per heavy atom. The summed E-state index contributed by atoms with van der Waals surface area (Å²) in [7, 11) is 0. The Morgan fingerprint density at radius 2 is 2.29 bits per heavy atom. The zero-order valence-electron chi connectivity index (χ0n) is 7.96. The van der Waals surface area contributed by atoms with E-state index in [9.17, 15) is 9.59 Å². The fourth-order valence-electron chi connectivity index (χ4n) is 1.26. The zero-order valence-corrected chi connectivity index (χ0v) is 10.8. The van der Waals surface area contributed by atoms with Crippen LogP contribution in [0.5, 0.6) is 0 Å². The Balaban J connectivity index is 0.00000169. The van der Waals surface area contributed by atoms with E-state index in [0.717, 1.165) is 0 Å². The summed E-state index contributed by atoms with van der Waals surface area (Å²) in [6.45, 7) is 2.80. The van der Waals surface area contributed by atoms with E-state index in [2.05, 4.69) is 0 Å². The van der Waals surface area contributed by atoms with Crippen LogP contribution < -0.4 is 5.32 Å². The molecule has 0 aliphatic carbocycles. The van der Waals surface area contributed by atoms with Crippen molar-refractivity contribution in [1.82, 2.24) is 10.2 Å². The van der Waals surface area contributed by atoms with Gasteiger partial charge in [-0.05, 0) is 13.5 Å². The second kappa shape index (κ2) is 6.14. The van der Waals surface area contributed by atoms with Crippen molar-refractivity contribution in [3.63, 3.8) is 0 Å². The van der Waals surface area contributed by atoms with Gasteiger partial charge < -0.3 is 25.7 Å². The molecule has 2 N–H and O–H groups in total. The van der Waals surface area contributed by atoms with E-state index in [4.69, 9.17) is 5.41 Å². The summed E-state index contributed by atoms with van der Waals surface area (Å²) in [4.78, 5) is 22.7. The number of hydrogen-bond acceptors (Lipinski definition) is 3. The molecule has 75 valence electrons. The Kier molecular flexibility index (Phi) is 5.96. The van der Waals surface area contributed by atoms with Crippen molar-refractivity contribution in [3.8, 4) is 0 Å². The quantitative estimate of drug-likeness (QED) is 0.306. The Hall–Kier alpha value is -0.416. The summed E-state index contributed by atoms with van der Waals surface area (Å²) in [5.41, 5.74) is 0. The van der Waals surface area contributed by atoms with Gasteiger partial charge in [-0.15, -0.1) is 0 Å². The molecule has 0 aromatic carbocycles. The third-order valence-corrected chi connectivity index (χ3v) is 2.03. The Morgan fingerprint density at radius 1 is 1.64 bits per heavy atom. The van der Waals surface area contributed by atoms with E-state index < -0.39 is 0 Å². The molecule has 1 heterocycles. The molecule has 1 radical (unpaired) electrons. The summed E-state index contributed by atoms with van der Waals surface area (Å²) < 4.78 is 0. The average molecular weight is 270 g/mol. The molecule has 1 aliphatic heterocycles. The second-order valence-corrected chi connectivity index (χ2v) is 2.92. The van der Waals surface area contributed by atoms with Gasteiger partial charge in [-0.2, -0.15) is 6.42 Å². The van der Waals surface area contributed by atoms with Crippen LogP contribution in [0.3, 0.4) is 0 Å². The molecule has 0 unspecified atom stereocenters.